The smallest absolute Gasteiger partial charge is 0.384 e. The van der Waals surface area contributed by atoms with E-state index in [0.717, 1.165) is 0 Å². The summed E-state index contributed by atoms with van der Waals surface area (Å²) in [5, 5.41) is 0. The minimum absolute atomic E-state index is 0.0951. The molecule has 0 unspecified atom stereocenters. The molecule has 0 radical (unpaired) electrons. The maximum absolute atomic E-state index is 5.29. The second kappa shape index (κ2) is 4.13. The van der Waals surface area contributed by atoms with E-state index in [9.17, 15) is 0 Å². The van der Waals surface area contributed by atoms with Crippen molar-refractivity contribution in [3.63, 3.8) is 0 Å². The van der Waals surface area contributed by atoms with E-state index < -0.39 is 0 Å². The van der Waals surface area contributed by atoms with Gasteiger partial charge in [-0.15, -0.1) is 0 Å². The van der Waals surface area contributed by atoms with E-state index >= 15 is 0 Å². The molecule has 0 saturated heterocycles. The maximum atomic E-state index is 5.29. The van der Waals surface area contributed by atoms with E-state index in [1.165, 1.54) is 5.56 Å². The minimum atomic E-state index is 0.0951. The molecule has 0 spiro atoms. The van der Waals surface area contributed by atoms with Crippen molar-refractivity contribution in [3.05, 3.63) is 35.9 Å². The number of rotatable bonds is 2. The van der Waals surface area contributed by atoms with Gasteiger partial charge in [0.05, 0.1) is 6.61 Å². The summed E-state index contributed by atoms with van der Waals surface area (Å²) in [6.07, 6.45) is 0.418. The Morgan fingerprint density at radius 3 is 2.93 bits per heavy atom. The number of nitrogens with zero attached hydrogens (tertiary/aromatic N) is 1. The fourth-order valence-electron chi connectivity index (χ4n) is 1.40. The Kier molecular flexibility index (Phi) is 2.68. The summed E-state index contributed by atoms with van der Waals surface area (Å²) >= 11 is 0. The van der Waals surface area contributed by atoms with Crippen LogP contribution in [0, 0.1) is 0 Å². The Bertz CT molecular complexity index is 321. The molecule has 1 aliphatic rings. The van der Waals surface area contributed by atoms with Crippen molar-refractivity contribution < 1.29 is 9.47 Å². The molecule has 0 amide bonds. The fraction of sp³-hybridized carbons (Fsp3) is 0.364. The zero-order valence-electron chi connectivity index (χ0n) is 8.14. The molecule has 3 nitrogen and oxygen atoms in total. The molecule has 0 aliphatic carbocycles. The molecule has 0 saturated carbocycles. The monoisotopic (exact) mass is 191 g/mol. The zero-order valence-corrected chi connectivity index (χ0v) is 8.14. The Hall–Kier alpha value is -1.51. The van der Waals surface area contributed by atoms with Crippen LogP contribution >= 0.6 is 0 Å². The van der Waals surface area contributed by atoms with Gasteiger partial charge in [-0.25, -0.2) is 4.99 Å². The molecule has 2 rings (SSSR count). The zero-order chi connectivity index (χ0) is 9.80. The van der Waals surface area contributed by atoms with Crippen molar-refractivity contribution in [1.29, 1.82) is 0 Å². The third-order valence-electron chi connectivity index (χ3n) is 2.08. The van der Waals surface area contributed by atoms with Gasteiger partial charge in [-0.2, -0.15) is 0 Å². The Morgan fingerprint density at radius 1 is 1.43 bits per heavy atom. The Morgan fingerprint density at radius 2 is 2.21 bits per heavy atom. The van der Waals surface area contributed by atoms with E-state index in [2.05, 4.69) is 4.99 Å². The maximum Gasteiger partial charge on any atom is 0.384 e. The largest absolute Gasteiger partial charge is 0.451 e. The van der Waals surface area contributed by atoms with Gasteiger partial charge < -0.3 is 9.47 Å². The van der Waals surface area contributed by atoms with Gasteiger partial charge in [0.25, 0.3) is 0 Å². The predicted octanol–water partition coefficient (Wildman–Crippen LogP) is 2.15. The molecule has 1 heterocycles. The van der Waals surface area contributed by atoms with Crippen LogP contribution in [0.15, 0.2) is 35.3 Å². The summed E-state index contributed by atoms with van der Waals surface area (Å²) in [6.45, 7) is 3.10. The van der Waals surface area contributed by atoms with Crippen molar-refractivity contribution in [2.24, 2.45) is 4.99 Å². The van der Waals surface area contributed by atoms with Gasteiger partial charge in [-0.1, -0.05) is 30.3 Å². The van der Waals surface area contributed by atoms with E-state index in [1.807, 2.05) is 37.3 Å². The number of aliphatic imine (C=N–C) groups is 1. The van der Waals surface area contributed by atoms with E-state index in [0.29, 0.717) is 19.3 Å². The number of ether oxygens (including phenoxy) is 2. The average Bonchev–Trinajstić information content (AvgIpc) is 2.68. The first kappa shape index (κ1) is 9.06. The van der Waals surface area contributed by atoms with Crippen LogP contribution in [0.4, 0.5) is 0 Å². The van der Waals surface area contributed by atoms with Gasteiger partial charge in [-0.05, 0) is 12.5 Å². The van der Waals surface area contributed by atoms with Gasteiger partial charge >= 0.3 is 6.08 Å². The van der Waals surface area contributed by atoms with Crippen molar-refractivity contribution in [3.8, 4) is 0 Å². The van der Waals surface area contributed by atoms with Crippen molar-refractivity contribution in [2.45, 2.75) is 13.0 Å². The lowest BCUT2D eigenvalue weighted by atomic mass is 10.1. The molecular weight excluding hydrogens is 178 g/mol. The molecule has 14 heavy (non-hydrogen) atoms. The van der Waals surface area contributed by atoms with Gasteiger partial charge in [-0.3, -0.25) is 0 Å². The van der Waals surface area contributed by atoms with Crippen molar-refractivity contribution in [1.82, 2.24) is 0 Å². The van der Waals surface area contributed by atoms with Gasteiger partial charge in [0.1, 0.15) is 12.6 Å². The average molecular weight is 191 g/mol. The summed E-state index contributed by atoms with van der Waals surface area (Å²) in [7, 11) is 0. The standard InChI is InChI=1S/C11H13NO2/c1-2-13-11-12-10(8-14-11)9-6-4-3-5-7-9/h3-7,10H,2,8H2,1H3/t10-/m0/s1. The highest BCUT2D eigenvalue weighted by molar-refractivity contribution is 5.69. The molecule has 0 N–H and O–H groups in total. The highest BCUT2D eigenvalue weighted by Gasteiger charge is 2.20. The van der Waals surface area contributed by atoms with E-state index in [4.69, 9.17) is 9.47 Å². The van der Waals surface area contributed by atoms with Crippen LogP contribution in [0.3, 0.4) is 0 Å². The van der Waals surface area contributed by atoms with Gasteiger partial charge in [0.15, 0.2) is 0 Å². The van der Waals surface area contributed by atoms with Gasteiger partial charge in [0.2, 0.25) is 0 Å². The molecular formula is C11H13NO2. The molecule has 3 heteroatoms. The third kappa shape index (κ3) is 1.87. The highest BCUT2D eigenvalue weighted by Crippen LogP contribution is 2.22. The summed E-state index contributed by atoms with van der Waals surface area (Å²) in [5.41, 5.74) is 1.17. The molecule has 0 aromatic heterocycles. The van der Waals surface area contributed by atoms with Crippen molar-refractivity contribution >= 4 is 6.08 Å². The Balaban J connectivity index is 2.08. The summed E-state index contributed by atoms with van der Waals surface area (Å²) in [6, 6.07) is 10.2. The normalized spacial score (nSPS) is 20.1. The number of hydrogen-bond donors (Lipinski definition) is 0. The lowest BCUT2D eigenvalue weighted by Crippen LogP contribution is -2.03. The summed E-state index contributed by atoms with van der Waals surface area (Å²) in [5.74, 6) is 0. The van der Waals surface area contributed by atoms with Crippen LogP contribution in [0.2, 0.25) is 0 Å². The lowest BCUT2D eigenvalue weighted by Gasteiger charge is -2.02. The van der Waals surface area contributed by atoms with E-state index in [1.54, 1.807) is 0 Å². The summed E-state index contributed by atoms with van der Waals surface area (Å²) in [4.78, 5) is 4.32. The molecule has 0 bridgehead atoms. The SMILES string of the molecule is CCOC1=N[C@H](c2ccccc2)CO1. The molecule has 1 aliphatic heterocycles. The molecule has 1 atom stereocenters. The van der Waals surface area contributed by atoms with Crippen LogP contribution in [0.1, 0.15) is 18.5 Å². The Labute approximate surface area is 83.4 Å². The van der Waals surface area contributed by atoms with Crippen LogP contribution in [0.25, 0.3) is 0 Å². The van der Waals surface area contributed by atoms with Crippen LogP contribution in [-0.4, -0.2) is 19.3 Å². The molecule has 0 fully saturated rings. The first-order valence-corrected chi connectivity index (χ1v) is 4.78. The predicted molar refractivity (Wildman–Crippen MR) is 54.2 cm³/mol. The van der Waals surface area contributed by atoms with Crippen LogP contribution in [-0.2, 0) is 9.47 Å². The quantitative estimate of drug-likeness (QED) is 0.717. The minimum Gasteiger partial charge on any atom is -0.451 e. The lowest BCUT2D eigenvalue weighted by molar-refractivity contribution is 0.193. The highest BCUT2D eigenvalue weighted by atomic mass is 16.7. The number of hydrogen-bond acceptors (Lipinski definition) is 3. The third-order valence-corrected chi connectivity index (χ3v) is 2.08. The van der Waals surface area contributed by atoms with Crippen LogP contribution < -0.4 is 0 Å². The van der Waals surface area contributed by atoms with E-state index in [-0.39, 0.29) is 6.04 Å². The van der Waals surface area contributed by atoms with Gasteiger partial charge in [0, 0.05) is 0 Å². The molecule has 74 valence electrons. The van der Waals surface area contributed by atoms with Crippen molar-refractivity contribution in [2.75, 3.05) is 13.2 Å². The first-order chi connectivity index (χ1) is 6.90. The molecule has 1 aromatic carbocycles. The second-order valence-electron chi connectivity index (χ2n) is 3.07. The second-order valence-corrected chi connectivity index (χ2v) is 3.07. The number of benzene rings is 1. The van der Waals surface area contributed by atoms with Crippen LogP contribution in [0.5, 0.6) is 0 Å². The topological polar surface area (TPSA) is 30.8 Å². The summed E-state index contributed by atoms with van der Waals surface area (Å²) < 4.78 is 10.5. The molecule has 1 aromatic rings. The first-order valence-electron chi connectivity index (χ1n) is 4.78. The fourth-order valence-corrected chi connectivity index (χ4v) is 1.40.